The molecular weight excluding hydrogens is 404 g/mol. The van der Waals surface area contributed by atoms with Crippen LogP contribution in [0.3, 0.4) is 0 Å². The monoisotopic (exact) mass is 426 g/mol. The van der Waals surface area contributed by atoms with Crippen molar-refractivity contribution in [1.82, 2.24) is 4.90 Å². The summed E-state index contributed by atoms with van der Waals surface area (Å²) in [4.78, 5) is 39.1. The minimum absolute atomic E-state index is 0.0545. The van der Waals surface area contributed by atoms with Gasteiger partial charge in [0.1, 0.15) is 0 Å². The first-order valence-corrected chi connectivity index (χ1v) is 11.6. The van der Waals surface area contributed by atoms with Crippen molar-refractivity contribution in [3.05, 3.63) is 24.3 Å². The lowest BCUT2D eigenvalue weighted by Gasteiger charge is -2.27. The van der Waals surface area contributed by atoms with Crippen molar-refractivity contribution in [3.63, 3.8) is 0 Å². The molecule has 1 aromatic carbocycles. The fraction of sp³-hybridized carbons (Fsp3) is 0.500. The molecule has 1 saturated heterocycles. The molecule has 2 heterocycles. The second-order valence-electron chi connectivity index (χ2n) is 6.93. The van der Waals surface area contributed by atoms with Crippen LogP contribution in [0.1, 0.15) is 19.8 Å². The Balaban J connectivity index is 1.54. The lowest BCUT2D eigenvalue weighted by molar-refractivity contribution is -0.159. The molecule has 3 unspecified atom stereocenters. The number of fused-ring (bicyclic) bond motifs is 1. The Morgan fingerprint density at radius 1 is 1.36 bits per heavy atom. The Morgan fingerprint density at radius 2 is 2.07 bits per heavy atom. The van der Waals surface area contributed by atoms with Crippen LogP contribution in [0.5, 0.6) is 0 Å². The molecule has 0 radical (unpaired) electrons. The van der Waals surface area contributed by atoms with Crippen molar-refractivity contribution >= 4 is 45.1 Å². The largest absolute Gasteiger partial charge is 0.452 e. The van der Waals surface area contributed by atoms with Crippen LogP contribution in [0.15, 0.2) is 29.2 Å². The molecule has 8 nitrogen and oxygen atoms in total. The van der Waals surface area contributed by atoms with E-state index in [2.05, 4.69) is 5.32 Å². The van der Waals surface area contributed by atoms with E-state index in [1.807, 2.05) is 18.2 Å². The minimum Gasteiger partial charge on any atom is -0.452 e. The van der Waals surface area contributed by atoms with Gasteiger partial charge in [-0.05, 0) is 25.5 Å². The van der Waals surface area contributed by atoms with Gasteiger partial charge in [-0.25, -0.2) is 8.42 Å². The van der Waals surface area contributed by atoms with E-state index < -0.39 is 39.1 Å². The van der Waals surface area contributed by atoms with Gasteiger partial charge < -0.3 is 15.0 Å². The average molecular weight is 427 g/mol. The number of rotatable bonds is 5. The van der Waals surface area contributed by atoms with Crippen LogP contribution in [0.4, 0.5) is 5.69 Å². The van der Waals surface area contributed by atoms with Gasteiger partial charge in [-0.1, -0.05) is 12.1 Å². The van der Waals surface area contributed by atoms with Crippen molar-refractivity contribution in [3.8, 4) is 0 Å². The van der Waals surface area contributed by atoms with Gasteiger partial charge in [0.25, 0.3) is 5.91 Å². The smallest absolute Gasteiger partial charge is 0.308 e. The number of nitrogens with one attached hydrogen (secondary N) is 1. The van der Waals surface area contributed by atoms with Crippen LogP contribution in [0.2, 0.25) is 0 Å². The molecule has 0 saturated carbocycles. The lowest BCUT2D eigenvalue weighted by Crippen LogP contribution is -2.44. The molecule has 0 aromatic heterocycles. The number of benzene rings is 1. The molecule has 1 aromatic rings. The summed E-state index contributed by atoms with van der Waals surface area (Å²) in [5.74, 6) is -1.41. The number of carbonyl (C=O) groups excluding carboxylic acids is 3. The summed E-state index contributed by atoms with van der Waals surface area (Å²) in [5.41, 5.74) is 0.707. The number of esters is 1. The zero-order valence-electron chi connectivity index (χ0n) is 15.6. The highest BCUT2D eigenvalue weighted by atomic mass is 32.2. The summed E-state index contributed by atoms with van der Waals surface area (Å²) in [6.45, 7) is 1.45. The Morgan fingerprint density at radius 3 is 2.75 bits per heavy atom. The second kappa shape index (κ2) is 8.12. The number of amides is 2. The van der Waals surface area contributed by atoms with Crippen LogP contribution >= 0.6 is 11.8 Å². The maximum absolute atomic E-state index is 12.5. The zero-order chi connectivity index (χ0) is 20.5. The van der Waals surface area contributed by atoms with Gasteiger partial charge in [0.15, 0.2) is 15.9 Å². The molecule has 0 aliphatic carbocycles. The maximum Gasteiger partial charge on any atom is 0.308 e. The maximum atomic E-state index is 12.5. The van der Waals surface area contributed by atoms with Gasteiger partial charge in [0.2, 0.25) is 5.91 Å². The Hall–Kier alpha value is -2.07. The van der Waals surface area contributed by atoms with Gasteiger partial charge >= 0.3 is 5.97 Å². The first kappa shape index (κ1) is 20.7. The molecule has 152 valence electrons. The fourth-order valence-corrected chi connectivity index (χ4v) is 6.09. The summed E-state index contributed by atoms with van der Waals surface area (Å²) in [5, 5.41) is 2.12. The quantitative estimate of drug-likeness (QED) is 0.701. The van der Waals surface area contributed by atoms with Gasteiger partial charge in [-0.3, -0.25) is 14.4 Å². The normalized spacial score (nSPS) is 24.0. The highest BCUT2D eigenvalue weighted by molar-refractivity contribution is 8.01. The topological polar surface area (TPSA) is 110 Å². The van der Waals surface area contributed by atoms with Crippen molar-refractivity contribution in [2.45, 2.75) is 42.1 Å². The Bertz CT molecular complexity index is 901. The predicted octanol–water partition coefficient (Wildman–Crippen LogP) is 1.07. The highest BCUT2D eigenvalue weighted by Crippen LogP contribution is 2.36. The third-order valence-electron chi connectivity index (χ3n) is 4.82. The van der Waals surface area contributed by atoms with Crippen LogP contribution in [0.25, 0.3) is 0 Å². The van der Waals surface area contributed by atoms with E-state index in [1.165, 1.54) is 30.6 Å². The SMILES string of the molecule is CC(OC(=O)CC1Sc2ccccc2NC1=O)C(=O)N(C)C1CCS(=O)(=O)C1. The summed E-state index contributed by atoms with van der Waals surface area (Å²) in [6.07, 6.45) is -0.835. The van der Waals surface area contributed by atoms with Crippen molar-refractivity contribution in [2.75, 3.05) is 23.9 Å². The molecule has 2 amide bonds. The third-order valence-corrected chi connectivity index (χ3v) is 7.84. The fourth-order valence-electron chi connectivity index (χ4n) is 3.22. The number of thioether (sulfide) groups is 1. The van der Waals surface area contributed by atoms with E-state index >= 15 is 0 Å². The Kier molecular flexibility index (Phi) is 5.99. The molecule has 1 N–H and O–H groups in total. The number of anilines is 1. The number of carbonyl (C=O) groups is 3. The molecule has 1 fully saturated rings. The number of hydrogen-bond acceptors (Lipinski definition) is 7. The van der Waals surface area contributed by atoms with E-state index in [9.17, 15) is 22.8 Å². The van der Waals surface area contributed by atoms with E-state index in [0.29, 0.717) is 12.1 Å². The number of nitrogens with zero attached hydrogens (tertiary/aromatic N) is 1. The first-order chi connectivity index (χ1) is 13.2. The van der Waals surface area contributed by atoms with Crippen LogP contribution in [-0.4, -0.2) is 67.1 Å². The average Bonchev–Trinajstić information content (AvgIpc) is 3.00. The van der Waals surface area contributed by atoms with E-state index in [-0.39, 0.29) is 23.8 Å². The van der Waals surface area contributed by atoms with Crippen LogP contribution < -0.4 is 5.32 Å². The standard InChI is InChI=1S/C18H22N2O6S2/c1-11(18(23)20(2)12-7-8-28(24,25)10-12)26-16(21)9-15-17(22)19-13-5-3-4-6-14(13)27-15/h3-6,11-12,15H,7-10H2,1-2H3,(H,19,22). The molecular formula is C18H22N2O6S2. The first-order valence-electron chi connectivity index (χ1n) is 8.89. The van der Waals surface area contributed by atoms with Crippen molar-refractivity contribution in [1.29, 1.82) is 0 Å². The van der Waals surface area contributed by atoms with E-state index in [4.69, 9.17) is 4.74 Å². The third kappa shape index (κ3) is 4.67. The summed E-state index contributed by atoms with van der Waals surface area (Å²) >= 11 is 1.28. The van der Waals surface area contributed by atoms with Crippen molar-refractivity contribution < 1.29 is 27.5 Å². The molecule has 3 rings (SSSR count). The second-order valence-corrected chi connectivity index (χ2v) is 10.4. The Labute approximate surface area is 167 Å². The predicted molar refractivity (Wildman–Crippen MR) is 105 cm³/mol. The summed E-state index contributed by atoms with van der Waals surface area (Å²) < 4.78 is 28.4. The summed E-state index contributed by atoms with van der Waals surface area (Å²) in [6, 6.07) is 6.89. The molecule has 3 atom stereocenters. The number of ether oxygens (including phenoxy) is 1. The number of sulfone groups is 1. The number of hydrogen-bond donors (Lipinski definition) is 1. The molecule has 2 aliphatic heterocycles. The van der Waals surface area contributed by atoms with E-state index in [1.54, 1.807) is 6.07 Å². The van der Waals surface area contributed by atoms with Gasteiger partial charge in [0, 0.05) is 18.0 Å². The number of para-hydroxylation sites is 1. The zero-order valence-corrected chi connectivity index (χ0v) is 17.2. The van der Waals surface area contributed by atoms with Crippen molar-refractivity contribution in [2.24, 2.45) is 0 Å². The lowest BCUT2D eigenvalue weighted by atomic mass is 10.2. The van der Waals surface area contributed by atoms with Gasteiger partial charge in [-0.15, -0.1) is 11.8 Å². The van der Waals surface area contributed by atoms with Crippen LogP contribution in [-0.2, 0) is 29.0 Å². The summed E-state index contributed by atoms with van der Waals surface area (Å²) in [7, 11) is -1.61. The molecule has 2 aliphatic rings. The van der Waals surface area contributed by atoms with Gasteiger partial charge in [0.05, 0.1) is 28.9 Å². The molecule has 10 heteroatoms. The molecule has 0 bridgehead atoms. The minimum atomic E-state index is -3.12. The number of likely N-dealkylation sites (N-methyl/N-ethyl adjacent to an activating group) is 1. The molecule has 28 heavy (non-hydrogen) atoms. The molecule has 0 spiro atoms. The van der Waals surface area contributed by atoms with Crippen LogP contribution in [0, 0.1) is 0 Å². The highest BCUT2D eigenvalue weighted by Gasteiger charge is 2.35. The van der Waals surface area contributed by atoms with E-state index in [0.717, 1.165) is 4.90 Å². The van der Waals surface area contributed by atoms with Gasteiger partial charge in [-0.2, -0.15) is 0 Å².